The van der Waals surface area contributed by atoms with Crippen LogP contribution in [-0.2, 0) is 0 Å². The van der Waals surface area contributed by atoms with Crippen molar-refractivity contribution in [2.45, 2.75) is 25.8 Å². The maximum absolute atomic E-state index is 5.57. The summed E-state index contributed by atoms with van der Waals surface area (Å²) in [6.07, 6.45) is 4.26. The van der Waals surface area contributed by atoms with Gasteiger partial charge in [0.1, 0.15) is 5.82 Å². The van der Waals surface area contributed by atoms with Crippen LogP contribution in [0.5, 0.6) is 0 Å². The standard InChI is InChI=1S/C10H16N4S/c1-7-5-12-10(11)14-9(7)13-8-3-2-4-15-6-8/h5,8H,2-4,6H2,1H3,(H3,11,12,13,14). The Morgan fingerprint density at radius 2 is 2.47 bits per heavy atom. The average molecular weight is 224 g/mol. The topological polar surface area (TPSA) is 63.8 Å². The minimum atomic E-state index is 0.339. The Bertz CT molecular complexity index is 336. The monoisotopic (exact) mass is 224 g/mol. The lowest BCUT2D eigenvalue weighted by Crippen LogP contribution is -2.26. The van der Waals surface area contributed by atoms with Gasteiger partial charge in [-0.3, -0.25) is 0 Å². The van der Waals surface area contributed by atoms with Gasteiger partial charge in [-0.15, -0.1) is 0 Å². The van der Waals surface area contributed by atoms with Gasteiger partial charge < -0.3 is 11.1 Å². The number of nitrogens with zero attached hydrogens (tertiary/aromatic N) is 2. The fourth-order valence-electron chi connectivity index (χ4n) is 1.65. The molecule has 3 N–H and O–H groups in total. The molecule has 0 radical (unpaired) electrons. The highest BCUT2D eigenvalue weighted by Crippen LogP contribution is 2.21. The van der Waals surface area contributed by atoms with E-state index in [-0.39, 0.29) is 0 Å². The number of rotatable bonds is 2. The Morgan fingerprint density at radius 3 is 3.20 bits per heavy atom. The Labute approximate surface area is 94.1 Å². The summed E-state index contributed by atoms with van der Waals surface area (Å²) >= 11 is 2.00. The fraction of sp³-hybridized carbons (Fsp3) is 0.600. The second kappa shape index (κ2) is 4.70. The van der Waals surface area contributed by atoms with Crippen molar-refractivity contribution in [2.24, 2.45) is 0 Å². The molecule has 1 saturated heterocycles. The van der Waals surface area contributed by atoms with Crippen molar-refractivity contribution in [1.82, 2.24) is 9.97 Å². The summed E-state index contributed by atoms with van der Waals surface area (Å²) in [6.45, 7) is 2.00. The molecule has 1 aliphatic rings. The van der Waals surface area contributed by atoms with Crippen LogP contribution < -0.4 is 11.1 Å². The third-order valence-electron chi connectivity index (χ3n) is 2.49. The van der Waals surface area contributed by atoms with Crippen LogP contribution in [0, 0.1) is 6.92 Å². The number of nitrogen functional groups attached to an aromatic ring is 1. The molecule has 15 heavy (non-hydrogen) atoms. The van der Waals surface area contributed by atoms with Gasteiger partial charge in [-0.2, -0.15) is 16.7 Å². The zero-order valence-electron chi connectivity index (χ0n) is 8.86. The van der Waals surface area contributed by atoms with Crippen molar-refractivity contribution in [3.63, 3.8) is 0 Å². The maximum Gasteiger partial charge on any atom is 0.221 e. The molecule has 2 rings (SSSR count). The first kappa shape index (κ1) is 10.5. The van der Waals surface area contributed by atoms with E-state index < -0.39 is 0 Å². The molecule has 0 amide bonds. The predicted molar refractivity (Wildman–Crippen MR) is 65.2 cm³/mol. The number of hydrogen-bond donors (Lipinski definition) is 2. The summed E-state index contributed by atoms with van der Waals surface area (Å²) in [4.78, 5) is 8.17. The van der Waals surface area contributed by atoms with E-state index in [1.165, 1.54) is 18.6 Å². The molecule has 1 fully saturated rings. The summed E-state index contributed by atoms with van der Waals surface area (Å²) in [6, 6.07) is 0.525. The first-order valence-corrected chi connectivity index (χ1v) is 6.34. The smallest absolute Gasteiger partial charge is 0.221 e. The van der Waals surface area contributed by atoms with Gasteiger partial charge in [-0.25, -0.2) is 4.98 Å². The summed E-state index contributed by atoms with van der Waals surface area (Å²) in [5, 5.41) is 3.44. The number of thioether (sulfide) groups is 1. The molecule has 1 atom stereocenters. The van der Waals surface area contributed by atoms with Gasteiger partial charge in [0.15, 0.2) is 0 Å². The van der Waals surface area contributed by atoms with Crippen molar-refractivity contribution in [3.05, 3.63) is 11.8 Å². The lowest BCUT2D eigenvalue weighted by atomic mass is 10.2. The van der Waals surface area contributed by atoms with Crippen molar-refractivity contribution in [1.29, 1.82) is 0 Å². The Balaban J connectivity index is 2.05. The van der Waals surface area contributed by atoms with E-state index >= 15 is 0 Å². The number of anilines is 2. The number of aryl methyl sites for hydroxylation is 1. The Hall–Kier alpha value is -0.970. The molecule has 1 unspecified atom stereocenters. The molecule has 1 aromatic heterocycles. The lowest BCUT2D eigenvalue weighted by Gasteiger charge is -2.23. The number of nitrogens with one attached hydrogen (secondary N) is 1. The second-order valence-corrected chi connectivity index (χ2v) is 4.97. The van der Waals surface area contributed by atoms with Crippen molar-refractivity contribution in [2.75, 3.05) is 22.6 Å². The summed E-state index contributed by atoms with van der Waals surface area (Å²) in [7, 11) is 0. The fourth-order valence-corrected chi connectivity index (χ4v) is 2.72. The number of aromatic nitrogens is 2. The zero-order valence-corrected chi connectivity index (χ0v) is 9.68. The van der Waals surface area contributed by atoms with Gasteiger partial charge in [0.2, 0.25) is 5.95 Å². The molecule has 0 spiro atoms. The highest BCUT2D eigenvalue weighted by Gasteiger charge is 2.14. The summed E-state index contributed by atoms with van der Waals surface area (Å²) in [5.41, 5.74) is 6.62. The van der Waals surface area contributed by atoms with Crippen LogP contribution in [0.3, 0.4) is 0 Å². The van der Waals surface area contributed by atoms with E-state index in [0.29, 0.717) is 12.0 Å². The molecule has 0 aliphatic carbocycles. The molecule has 4 nitrogen and oxygen atoms in total. The molecule has 82 valence electrons. The third-order valence-corrected chi connectivity index (χ3v) is 3.71. The molecular weight excluding hydrogens is 208 g/mol. The van der Waals surface area contributed by atoms with E-state index in [0.717, 1.165) is 17.1 Å². The van der Waals surface area contributed by atoms with Crippen LogP contribution in [0.25, 0.3) is 0 Å². The van der Waals surface area contributed by atoms with Crippen molar-refractivity contribution >= 4 is 23.5 Å². The minimum absolute atomic E-state index is 0.339. The normalized spacial score (nSPS) is 21.3. The Morgan fingerprint density at radius 1 is 1.60 bits per heavy atom. The first-order valence-electron chi connectivity index (χ1n) is 5.19. The van der Waals surface area contributed by atoms with Gasteiger partial charge in [-0.05, 0) is 25.5 Å². The SMILES string of the molecule is Cc1cnc(N)nc1NC1CCCSC1. The maximum atomic E-state index is 5.57. The highest BCUT2D eigenvalue weighted by molar-refractivity contribution is 7.99. The van der Waals surface area contributed by atoms with E-state index in [1.54, 1.807) is 6.20 Å². The molecular formula is C10H16N4S. The van der Waals surface area contributed by atoms with Crippen LogP contribution in [0.1, 0.15) is 18.4 Å². The van der Waals surface area contributed by atoms with Crippen LogP contribution >= 0.6 is 11.8 Å². The van der Waals surface area contributed by atoms with Crippen molar-refractivity contribution in [3.8, 4) is 0 Å². The predicted octanol–water partition coefficient (Wildman–Crippen LogP) is 1.67. The van der Waals surface area contributed by atoms with Gasteiger partial charge >= 0.3 is 0 Å². The van der Waals surface area contributed by atoms with Gasteiger partial charge in [0, 0.05) is 23.6 Å². The van der Waals surface area contributed by atoms with Crippen LogP contribution in [0.4, 0.5) is 11.8 Å². The second-order valence-electron chi connectivity index (χ2n) is 3.82. The molecule has 0 saturated carbocycles. The third kappa shape index (κ3) is 2.75. The minimum Gasteiger partial charge on any atom is -0.368 e. The lowest BCUT2D eigenvalue weighted by molar-refractivity contribution is 0.681. The highest BCUT2D eigenvalue weighted by atomic mass is 32.2. The van der Waals surface area contributed by atoms with Crippen LogP contribution in [0.15, 0.2) is 6.20 Å². The van der Waals surface area contributed by atoms with Crippen LogP contribution in [0.2, 0.25) is 0 Å². The van der Waals surface area contributed by atoms with E-state index in [2.05, 4.69) is 15.3 Å². The number of nitrogens with two attached hydrogens (primary N) is 1. The molecule has 0 bridgehead atoms. The van der Waals surface area contributed by atoms with E-state index in [1.807, 2.05) is 18.7 Å². The molecule has 5 heteroatoms. The largest absolute Gasteiger partial charge is 0.368 e. The average Bonchev–Trinajstić information content (AvgIpc) is 2.25. The molecule has 1 aliphatic heterocycles. The zero-order chi connectivity index (χ0) is 10.7. The first-order chi connectivity index (χ1) is 7.25. The van der Waals surface area contributed by atoms with Crippen molar-refractivity contribution < 1.29 is 0 Å². The molecule has 1 aromatic rings. The Kier molecular flexibility index (Phi) is 3.30. The summed E-state index contributed by atoms with van der Waals surface area (Å²) < 4.78 is 0. The van der Waals surface area contributed by atoms with Gasteiger partial charge in [-0.1, -0.05) is 0 Å². The van der Waals surface area contributed by atoms with E-state index in [4.69, 9.17) is 5.73 Å². The number of hydrogen-bond acceptors (Lipinski definition) is 5. The quantitative estimate of drug-likeness (QED) is 0.800. The van der Waals surface area contributed by atoms with E-state index in [9.17, 15) is 0 Å². The van der Waals surface area contributed by atoms with Gasteiger partial charge in [0.25, 0.3) is 0 Å². The summed E-state index contributed by atoms with van der Waals surface area (Å²) in [5.74, 6) is 3.66. The molecule has 0 aromatic carbocycles. The van der Waals surface area contributed by atoms with Gasteiger partial charge in [0.05, 0.1) is 0 Å². The molecule has 2 heterocycles. The van der Waals surface area contributed by atoms with Crippen LogP contribution in [-0.4, -0.2) is 27.5 Å².